The lowest BCUT2D eigenvalue weighted by molar-refractivity contribution is 0.0610. The van der Waals surface area contributed by atoms with Gasteiger partial charge < -0.3 is 10.1 Å². The molecule has 0 radical (unpaired) electrons. The number of halogens is 1. The summed E-state index contributed by atoms with van der Waals surface area (Å²) in [6.45, 7) is 10.1. The maximum absolute atomic E-state index is 6.09. The second-order valence-corrected chi connectivity index (χ2v) is 5.33. The third kappa shape index (κ3) is 4.97. The molecule has 0 aromatic heterocycles. The van der Waals surface area contributed by atoms with Crippen molar-refractivity contribution in [3.05, 3.63) is 34.3 Å². The zero-order valence-corrected chi connectivity index (χ0v) is 12.6. The normalized spacial score (nSPS) is 13.0. The first-order valence-corrected chi connectivity index (χ1v) is 7.03. The van der Waals surface area contributed by atoms with Crippen LogP contribution in [0, 0.1) is 6.92 Å². The van der Waals surface area contributed by atoms with E-state index in [2.05, 4.69) is 39.1 Å². The molecule has 0 aliphatic rings. The molecule has 1 unspecified atom stereocenters. The molecule has 0 amide bonds. The topological polar surface area (TPSA) is 21.3 Å². The predicted molar refractivity (Wildman–Crippen MR) is 78.3 cm³/mol. The number of rotatable bonds is 7. The van der Waals surface area contributed by atoms with Gasteiger partial charge in [0.2, 0.25) is 0 Å². The summed E-state index contributed by atoms with van der Waals surface area (Å²) in [5.41, 5.74) is 2.48. The van der Waals surface area contributed by atoms with Gasteiger partial charge in [-0.1, -0.05) is 24.6 Å². The SMILES string of the molecule is CCCNC(COC(C)C)c1cc(Cl)ccc1C. The average Bonchev–Trinajstić information content (AvgIpc) is 2.32. The van der Waals surface area contributed by atoms with Crippen LogP contribution in [-0.2, 0) is 4.74 Å². The van der Waals surface area contributed by atoms with E-state index in [1.807, 2.05) is 12.1 Å². The van der Waals surface area contributed by atoms with Gasteiger partial charge in [-0.3, -0.25) is 0 Å². The summed E-state index contributed by atoms with van der Waals surface area (Å²) in [5.74, 6) is 0. The third-order valence-corrected chi connectivity index (χ3v) is 3.09. The molecule has 0 heterocycles. The molecule has 0 spiro atoms. The molecule has 1 atom stereocenters. The van der Waals surface area contributed by atoms with Crippen LogP contribution in [0.5, 0.6) is 0 Å². The van der Waals surface area contributed by atoms with Crippen LogP contribution in [0.25, 0.3) is 0 Å². The molecule has 1 aromatic rings. The summed E-state index contributed by atoms with van der Waals surface area (Å²) in [6, 6.07) is 6.24. The summed E-state index contributed by atoms with van der Waals surface area (Å²) in [5, 5.41) is 4.31. The van der Waals surface area contributed by atoms with Crippen molar-refractivity contribution in [1.29, 1.82) is 0 Å². The van der Waals surface area contributed by atoms with E-state index >= 15 is 0 Å². The fraction of sp³-hybridized carbons (Fsp3) is 0.600. The minimum atomic E-state index is 0.214. The van der Waals surface area contributed by atoms with Crippen molar-refractivity contribution in [2.24, 2.45) is 0 Å². The number of benzene rings is 1. The Morgan fingerprint density at radius 3 is 2.67 bits per heavy atom. The number of hydrogen-bond donors (Lipinski definition) is 1. The van der Waals surface area contributed by atoms with E-state index in [-0.39, 0.29) is 12.1 Å². The molecule has 18 heavy (non-hydrogen) atoms. The highest BCUT2D eigenvalue weighted by molar-refractivity contribution is 6.30. The lowest BCUT2D eigenvalue weighted by Crippen LogP contribution is -2.28. The van der Waals surface area contributed by atoms with E-state index < -0.39 is 0 Å². The first kappa shape index (κ1) is 15.5. The van der Waals surface area contributed by atoms with E-state index in [0.717, 1.165) is 18.0 Å². The van der Waals surface area contributed by atoms with E-state index in [1.54, 1.807) is 0 Å². The van der Waals surface area contributed by atoms with Crippen molar-refractivity contribution in [1.82, 2.24) is 5.32 Å². The molecular weight excluding hydrogens is 246 g/mol. The Balaban J connectivity index is 2.82. The molecule has 0 aliphatic carbocycles. The Bertz CT molecular complexity index is 366. The van der Waals surface area contributed by atoms with E-state index in [1.165, 1.54) is 11.1 Å². The minimum Gasteiger partial charge on any atom is -0.377 e. The molecule has 3 heteroatoms. The van der Waals surface area contributed by atoms with Crippen LogP contribution in [0.2, 0.25) is 5.02 Å². The van der Waals surface area contributed by atoms with Gasteiger partial charge in [-0.15, -0.1) is 0 Å². The molecule has 1 rings (SSSR count). The van der Waals surface area contributed by atoms with Crippen LogP contribution in [0.3, 0.4) is 0 Å². The van der Waals surface area contributed by atoms with Crippen LogP contribution in [0.15, 0.2) is 18.2 Å². The highest BCUT2D eigenvalue weighted by Gasteiger charge is 2.14. The van der Waals surface area contributed by atoms with Gasteiger partial charge in [-0.2, -0.15) is 0 Å². The first-order chi connectivity index (χ1) is 8.54. The van der Waals surface area contributed by atoms with Crippen LogP contribution >= 0.6 is 11.6 Å². The number of ether oxygens (including phenoxy) is 1. The van der Waals surface area contributed by atoms with E-state index in [9.17, 15) is 0 Å². The van der Waals surface area contributed by atoms with Crippen molar-refractivity contribution in [3.63, 3.8) is 0 Å². The highest BCUT2D eigenvalue weighted by atomic mass is 35.5. The molecule has 0 saturated carbocycles. The van der Waals surface area contributed by atoms with Gasteiger partial charge in [0.05, 0.1) is 18.8 Å². The van der Waals surface area contributed by atoms with E-state index in [4.69, 9.17) is 16.3 Å². The monoisotopic (exact) mass is 269 g/mol. The second-order valence-electron chi connectivity index (χ2n) is 4.89. The van der Waals surface area contributed by atoms with E-state index in [0.29, 0.717) is 6.61 Å². The predicted octanol–water partition coefficient (Wildman–Crippen LogP) is 4.11. The molecule has 0 fully saturated rings. The summed E-state index contributed by atoms with van der Waals surface area (Å²) in [7, 11) is 0. The van der Waals surface area contributed by atoms with Gasteiger partial charge in [-0.05, 0) is 57.0 Å². The maximum Gasteiger partial charge on any atom is 0.0665 e. The van der Waals surface area contributed by atoms with Crippen LogP contribution < -0.4 is 5.32 Å². The smallest absolute Gasteiger partial charge is 0.0665 e. The average molecular weight is 270 g/mol. The molecule has 2 nitrogen and oxygen atoms in total. The Morgan fingerprint density at radius 2 is 2.06 bits per heavy atom. The molecule has 1 N–H and O–H groups in total. The standard InChI is InChI=1S/C15H24ClNO/c1-5-8-17-15(10-18-11(2)3)14-9-13(16)7-6-12(14)4/h6-7,9,11,15,17H,5,8,10H2,1-4H3. The lowest BCUT2D eigenvalue weighted by Gasteiger charge is -2.22. The van der Waals surface area contributed by atoms with Crippen molar-refractivity contribution < 1.29 is 4.74 Å². The van der Waals surface area contributed by atoms with Gasteiger partial charge in [0, 0.05) is 5.02 Å². The quantitative estimate of drug-likeness (QED) is 0.804. The summed E-state index contributed by atoms with van der Waals surface area (Å²) < 4.78 is 5.74. The van der Waals surface area contributed by atoms with Gasteiger partial charge in [-0.25, -0.2) is 0 Å². The Labute approximate surface area is 116 Å². The Kier molecular flexibility index (Phi) is 6.69. The summed E-state index contributed by atoms with van der Waals surface area (Å²) in [4.78, 5) is 0. The highest BCUT2D eigenvalue weighted by Crippen LogP contribution is 2.22. The number of aryl methyl sites for hydroxylation is 1. The summed E-state index contributed by atoms with van der Waals surface area (Å²) in [6.07, 6.45) is 1.35. The number of nitrogens with one attached hydrogen (secondary N) is 1. The van der Waals surface area contributed by atoms with Crippen molar-refractivity contribution in [2.45, 2.75) is 46.3 Å². The van der Waals surface area contributed by atoms with Crippen molar-refractivity contribution >= 4 is 11.6 Å². The Morgan fingerprint density at radius 1 is 1.33 bits per heavy atom. The third-order valence-electron chi connectivity index (χ3n) is 2.85. The largest absolute Gasteiger partial charge is 0.377 e. The van der Waals surface area contributed by atoms with Crippen LogP contribution in [0.4, 0.5) is 0 Å². The lowest BCUT2D eigenvalue weighted by atomic mass is 10.0. The van der Waals surface area contributed by atoms with Gasteiger partial charge in [0.25, 0.3) is 0 Å². The maximum atomic E-state index is 6.09. The fourth-order valence-corrected chi connectivity index (χ4v) is 2.03. The fourth-order valence-electron chi connectivity index (χ4n) is 1.85. The van der Waals surface area contributed by atoms with Crippen LogP contribution in [0.1, 0.15) is 44.4 Å². The molecule has 0 bridgehead atoms. The van der Waals surface area contributed by atoms with Crippen molar-refractivity contribution in [3.8, 4) is 0 Å². The zero-order valence-electron chi connectivity index (χ0n) is 11.8. The van der Waals surface area contributed by atoms with Gasteiger partial charge in [0.1, 0.15) is 0 Å². The van der Waals surface area contributed by atoms with Crippen molar-refractivity contribution in [2.75, 3.05) is 13.2 Å². The molecule has 1 aromatic carbocycles. The van der Waals surface area contributed by atoms with Gasteiger partial charge in [0.15, 0.2) is 0 Å². The molecule has 0 saturated heterocycles. The minimum absolute atomic E-state index is 0.214. The first-order valence-electron chi connectivity index (χ1n) is 6.65. The summed E-state index contributed by atoms with van der Waals surface area (Å²) >= 11 is 6.09. The second kappa shape index (κ2) is 7.78. The number of hydrogen-bond acceptors (Lipinski definition) is 2. The molecule has 0 aliphatic heterocycles. The van der Waals surface area contributed by atoms with Crippen LogP contribution in [-0.4, -0.2) is 19.3 Å². The Hall–Kier alpha value is -0.570. The van der Waals surface area contributed by atoms with Gasteiger partial charge >= 0.3 is 0 Å². The molecular formula is C15H24ClNO. The zero-order chi connectivity index (χ0) is 13.5. The molecule has 102 valence electrons.